The highest BCUT2D eigenvalue weighted by molar-refractivity contribution is 7.92. The maximum absolute atomic E-state index is 12.3. The van der Waals surface area contributed by atoms with Gasteiger partial charge in [-0.05, 0) is 43.2 Å². The average Bonchev–Trinajstić information content (AvgIpc) is 2.35. The molecule has 0 fully saturated rings. The van der Waals surface area contributed by atoms with Crippen molar-refractivity contribution in [2.45, 2.75) is 18.7 Å². The maximum atomic E-state index is 12.3. The molecule has 3 N–H and O–H groups in total. The molecular weight excluding hydrogens is 262 g/mol. The smallest absolute Gasteiger partial charge is 0.262 e. The molecule has 1 aromatic carbocycles. The highest BCUT2D eigenvalue weighted by atomic mass is 32.2. The second-order valence-corrected chi connectivity index (χ2v) is 5.92. The van der Waals surface area contributed by atoms with E-state index in [1.165, 1.54) is 12.3 Å². The lowest BCUT2D eigenvalue weighted by Gasteiger charge is -2.12. The molecule has 0 aliphatic carbocycles. The molecule has 0 spiro atoms. The van der Waals surface area contributed by atoms with Crippen LogP contribution in [0.25, 0.3) is 0 Å². The largest absolute Gasteiger partial charge is 0.398 e. The predicted molar refractivity (Wildman–Crippen MR) is 75.4 cm³/mol. The number of hydrogen-bond acceptors (Lipinski definition) is 4. The molecule has 0 aliphatic heterocycles. The van der Waals surface area contributed by atoms with Crippen molar-refractivity contribution in [2.24, 2.45) is 0 Å². The molecule has 2 aromatic rings. The first-order valence-electron chi connectivity index (χ1n) is 5.70. The van der Waals surface area contributed by atoms with Crippen LogP contribution in [0.1, 0.15) is 11.1 Å². The fraction of sp³-hybridized carbons (Fsp3) is 0.154. The molecule has 19 heavy (non-hydrogen) atoms. The Morgan fingerprint density at radius 3 is 2.63 bits per heavy atom. The lowest BCUT2D eigenvalue weighted by Crippen LogP contribution is -2.15. The van der Waals surface area contributed by atoms with Gasteiger partial charge in [0.05, 0.1) is 10.6 Å². The van der Waals surface area contributed by atoms with Crippen molar-refractivity contribution in [2.75, 3.05) is 10.5 Å². The lowest BCUT2D eigenvalue weighted by atomic mass is 10.2. The van der Waals surface area contributed by atoms with Crippen LogP contribution in [-0.4, -0.2) is 13.4 Å². The van der Waals surface area contributed by atoms with Crippen LogP contribution in [0.4, 0.5) is 11.4 Å². The van der Waals surface area contributed by atoms with Gasteiger partial charge in [-0.3, -0.25) is 9.71 Å². The Kier molecular flexibility index (Phi) is 3.44. The van der Waals surface area contributed by atoms with E-state index >= 15 is 0 Å². The van der Waals surface area contributed by atoms with Gasteiger partial charge in [0.2, 0.25) is 0 Å². The number of pyridine rings is 1. The van der Waals surface area contributed by atoms with Gasteiger partial charge in [0.1, 0.15) is 0 Å². The van der Waals surface area contributed by atoms with Crippen LogP contribution in [0.3, 0.4) is 0 Å². The zero-order chi connectivity index (χ0) is 14.0. The molecule has 0 amide bonds. The van der Waals surface area contributed by atoms with Crippen molar-refractivity contribution >= 4 is 21.4 Å². The minimum absolute atomic E-state index is 0.184. The topological polar surface area (TPSA) is 85.1 Å². The number of nitrogen functional groups attached to an aromatic ring is 1. The molecule has 0 saturated carbocycles. The summed E-state index contributed by atoms with van der Waals surface area (Å²) in [5.41, 5.74) is 8.00. The van der Waals surface area contributed by atoms with Crippen molar-refractivity contribution in [3.8, 4) is 0 Å². The molecular formula is C13H15N3O2S. The number of anilines is 2. The van der Waals surface area contributed by atoms with E-state index in [9.17, 15) is 8.42 Å². The molecule has 0 unspecified atom stereocenters. The third-order valence-electron chi connectivity index (χ3n) is 2.88. The summed E-state index contributed by atoms with van der Waals surface area (Å²) in [6, 6.07) is 6.45. The molecule has 0 radical (unpaired) electrons. The van der Waals surface area contributed by atoms with Crippen molar-refractivity contribution in [1.82, 2.24) is 4.98 Å². The summed E-state index contributed by atoms with van der Waals surface area (Å²) in [5, 5.41) is 0. The SMILES string of the molecule is Cc1cnccc1NS(=O)(=O)c1cccc(N)c1C. The second kappa shape index (κ2) is 4.89. The lowest BCUT2D eigenvalue weighted by molar-refractivity contribution is 0.600. The third-order valence-corrected chi connectivity index (χ3v) is 4.39. The monoisotopic (exact) mass is 277 g/mol. The summed E-state index contributed by atoms with van der Waals surface area (Å²) < 4.78 is 27.2. The third kappa shape index (κ3) is 2.68. The number of aryl methyl sites for hydroxylation is 1. The molecule has 100 valence electrons. The summed E-state index contributed by atoms with van der Waals surface area (Å²) >= 11 is 0. The van der Waals surface area contributed by atoms with Crippen molar-refractivity contribution in [1.29, 1.82) is 0 Å². The Hall–Kier alpha value is -2.08. The number of nitrogens with two attached hydrogens (primary N) is 1. The van der Waals surface area contributed by atoms with E-state index in [1.807, 2.05) is 0 Å². The number of nitrogens with one attached hydrogen (secondary N) is 1. The van der Waals surface area contributed by atoms with E-state index in [4.69, 9.17) is 5.73 Å². The van der Waals surface area contributed by atoms with Crippen LogP contribution in [0.2, 0.25) is 0 Å². The zero-order valence-electron chi connectivity index (χ0n) is 10.7. The Balaban J connectivity index is 2.44. The first-order valence-corrected chi connectivity index (χ1v) is 7.18. The van der Waals surface area contributed by atoms with E-state index < -0.39 is 10.0 Å². The molecule has 1 aromatic heterocycles. The highest BCUT2D eigenvalue weighted by Gasteiger charge is 2.18. The Bertz CT molecular complexity index is 712. The summed E-state index contributed by atoms with van der Waals surface area (Å²) in [5.74, 6) is 0. The van der Waals surface area contributed by atoms with Gasteiger partial charge >= 0.3 is 0 Å². The minimum atomic E-state index is -3.65. The van der Waals surface area contributed by atoms with Gasteiger partial charge in [0.15, 0.2) is 0 Å². The summed E-state index contributed by atoms with van der Waals surface area (Å²) in [4.78, 5) is 4.11. The number of hydrogen-bond donors (Lipinski definition) is 2. The van der Waals surface area contributed by atoms with Gasteiger partial charge in [0, 0.05) is 18.1 Å². The van der Waals surface area contributed by atoms with Crippen LogP contribution in [0.15, 0.2) is 41.6 Å². The van der Waals surface area contributed by atoms with Gasteiger partial charge in [-0.2, -0.15) is 0 Å². The molecule has 0 atom stereocenters. The van der Waals surface area contributed by atoms with Gasteiger partial charge in [-0.1, -0.05) is 6.07 Å². The van der Waals surface area contributed by atoms with Crippen LogP contribution >= 0.6 is 0 Å². The molecule has 5 nitrogen and oxygen atoms in total. The van der Waals surface area contributed by atoms with E-state index in [2.05, 4.69) is 9.71 Å². The van der Waals surface area contributed by atoms with Gasteiger partial charge in [-0.15, -0.1) is 0 Å². The average molecular weight is 277 g/mol. The number of nitrogens with zero attached hydrogens (tertiary/aromatic N) is 1. The first-order chi connectivity index (χ1) is 8.92. The minimum Gasteiger partial charge on any atom is -0.398 e. The molecule has 0 aliphatic rings. The number of benzene rings is 1. The fourth-order valence-electron chi connectivity index (χ4n) is 1.71. The van der Waals surface area contributed by atoms with Crippen LogP contribution in [-0.2, 0) is 10.0 Å². The van der Waals surface area contributed by atoms with Crippen molar-refractivity contribution < 1.29 is 8.42 Å². The summed E-state index contributed by atoms with van der Waals surface area (Å²) in [6.07, 6.45) is 3.14. The Morgan fingerprint density at radius 2 is 1.95 bits per heavy atom. The van der Waals surface area contributed by atoms with Crippen LogP contribution in [0.5, 0.6) is 0 Å². The normalized spacial score (nSPS) is 11.3. The number of rotatable bonds is 3. The summed E-state index contributed by atoms with van der Waals surface area (Å²) in [6.45, 7) is 3.47. The molecule has 1 heterocycles. The van der Waals surface area contributed by atoms with E-state index in [0.717, 1.165) is 5.56 Å². The van der Waals surface area contributed by atoms with Crippen molar-refractivity contribution in [3.05, 3.63) is 47.8 Å². The zero-order valence-corrected chi connectivity index (χ0v) is 11.5. The molecule has 0 saturated heterocycles. The highest BCUT2D eigenvalue weighted by Crippen LogP contribution is 2.23. The maximum Gasteiger partial charge on any atom is 0.262 e. The number of sulfonamides is 1. The van der Waals surface area contributed by atoms with Gasteiger partial charge in [-0.25, -0.2) is 8.42 Å². The standard InChI is InChI=1S/C13H15N3O2S/c1-9-8-15-7-6-12(9)16-19(17,18)13-5-3-4-11(14)10(13)2/h3-8H,14H2,1-2H3,(H,15,16). The van der Waals surface area contributed by atoms with Crippen molar-refractivity contribution in [3.63, 3.8) is 0 Å². The quantitative estimate of drug-likeness (QED) is 0.841. The fourth-order valence-corrected chi connectivity index (χ4v) is 3.12. The summed E-state index contributed by atoms with van der Waals surface area (Å²) in [7, 11) is -3.65. The first kappa shape index (κ1) is 13.4. The van der Waals surface area contributed by atoms with E-state index in [1.54, 1.807) is 38.2 Å². The predicted octanol–water partition coefficient (Wildman–Crippen LogP) is 2.08. The molecule has 0 bridgehead atoms. The Labute approximate surface area is 112 Å². The van der Waals surface area contributed by atoms with E-state index in [0.29, 0.717) is 16.9 Å². The molecule has 2 rings (SSSR count). The van der Waals surface area contributed by atoms with E-state index in [-0.39, 0.29) is 4.90 Å². The van der Waals surface area contributed by atoms with Crippen LogP contribution in [0, 0.1) is 13.8 Å². The molecule has 6 heteroatoms. The van der Waals surface area contributed by atoms with Crippen LogP contribution < -0.4 is 10.5 Å². The second-order valence-electron chi connectivity index (χ2n) is 4.27. The Morgan fingerprint density at radius 1 is 1.21 bits per heavy atom. The van der Waals surface area contributed by atoms with Gasteiger partial charge < -0.3 is 5.73 Å². The van der Waals surface area contributed by atoms with Gasteiger partial charge in [0.25, 0.3) is 10.0 Å². The number of aromatic nitrogens is 1.